The average molecular weight is 321 g/mol. The maximum atomic E-state index is 12.1. The number of H-pyrrole nitrogens is 1. The van der Waals surface area contributed by atoms with Crippen LogP contribution < -0.4 is 5.32 Å². The van der Waals surface area contributed by atoms with Gasteiger partial charge in [0.2, 0.25) is 0 Å². The number of hydrogen-bond donors (Lipinski definition) is 3. The molecule has 1 amide bonds. The van der Waals surface area contributed by atoms with Crippen molar-refractivity contribution >= 4 is 16.9 Å². The van der Waals surface area contributed by atoms with Crippen molar-refractivity contribution in [2.45, 2.75) is 25.9 Å². The van der Waals surface area contributed by atoms with E-state index in [-0.39, 0.29) is 17.9 Å². The molecule has 0 fully saturated rings. The van der Waals surface area contributed by atoms with Crippen molar-refractivity contribution in [1.29, 1.82) is 0 Å². The highest BCUT2D eigenvalue weighted by Crippen LogP contribution is 2.35. The average Bonchev–Trinajstić information content (AvgIpc) is 3.01. The van der Waals surface area contributed by atoms with Gasteiger partial charge in [-0.05, 0) is 35.4 Å². The highest BCUT2D eigenvalue weighted by atomic mass is 16.3. The van der Waals surface area contributed by atoms with E-state index in [9.17, 15) is 9.90 Å². The molecule has 1 aliphatic rings. The third kappa shape index (κ3) is 2.20. The van der Waals surface area contributed by atoms with E-state index >= 15 is 0 Å². The van der Waals surface area contributed by atoms with Crippen LogP contribution in [0.1, 0.15) is 35.5 Å². The summed E-state index contributed by atoms with van der Waals surface area (Å²) in [6.07, 6.45) is 1.93. The topological polar surface area (TPSA) is 78.0 Å². The summed E-state index contributed by atoms with van der Waals surface area (Å²) in [6.45, 7) is 4.84. The van der Waals surface area contributed by atoms with Gasteiger partial charge in [0.25, 0.3) is 5.91 Å². The second kappa shape index (κ2) is 5.18. The number of carbonyl (C=O) groups excluding carboxylic acids is 1. The van der Waals surface area contributed by atoms with Gasteiger partial charge in [-0.25, -0.2) is 4.98 Å². The van der Waals surface area contributed by atoms with Crippen LogP contribution in [-0.4, -0.2) is 27.5 Å². The van der Waals surface area contributed by atoms with Gasteiger partial charge in [0.15, 0.2) is 0 Å². The number of nitrogens with one attached hydrogen (secondary N) is 2. The molecule has 0 unspecified atom stereocenters. The lowest BCUT2D eigenvalue weighted by Crippen LogP contribution is -2.43. The van der Waals surface area contributed by atoms with E-state index in [4.69, 9.17) is 0 Å². The first-order valence-corrected chi connectivity index (χ1v) is 8.00. The molecule has 0 spiro atoms. The Morgan fingerprint density at radius 2 is 2.04 bits per heavy atom. The van der Waals surface area contributed by atoms with Gasteiger partial charge in [-0.3, -0.25) is 4.79 Å². The summed E-state index contributed by atoms with van der Waals surface area (Å²) in [6, 6.07) is 9.78. The van der Waals surface area contributed by atoms with Gasteiger partial charge in [-0.2, -0.15) is 0 Å². The molecule has 3 N–H and O–H groups in total. The Labute approximate surface area is 139 Å². The van der Waals surface area contributed by atoms with Crippen molar-refractivity contribution in [2.75, 3.05) is 6.54 Å². The third-order valence-corrected chi connectivity index (χ3v) is 4.75. The normalized spacial score (nSPS) is 16.0. The summed E-state index contributed by atoms with van der Waals surface area (Å²) < 4.78 is 0. The highest BCUT2D eigenvalue weighted by molar-refractivity contribution is 5.99. The Balaban J connectivity index is 1.88. The lowest BCUT2D eigenvalue weighted by atomic mass is 9.78. The van der Waals surface area contributed by atoms with Crippen LogP contribution in [-0.2, 0) is 12.0 Å². The number of pyridine rings is 1. The molecule has 0 radical (unpaired) electrons. The van der Waals surface area contributed by atoms with Crippen molar-refractivity contribution in [3.05, 3.63) is 53.3 Å². The molecule has 5 nitrogen and oxygen atoms in total. The first-order valence-electron chi connectivity index (χ1n) is 8.00. The zero-order chi connectivity index (χ0) is 16.9. The fourth-order valence-corrected chi connectivity index (χ4v) is 3.33. The van der Waals surface area contributed by atoms with Crippen LogP contribution in [0.25, 0.3) is 22.2 Å². The minimum absolute atomic E-state index is 0.0101. The molecule has 0 atom stereocenters. The molecule has 1 aromatic carbocycles. The predicted octanol–water partition coefficient (Wildman–Crippen LogP) is 2.74. The molecule has 4 rings (SSSR count). The molecule has 0 saturated carbocycles. The molecule has 1 aliphatic heterocycles. The van der Waals surface area contributed by atoms with Gasteiger partial charge in [0.1, 0.15) is 5.65 Å². The lowest BCUT2D eigenvalue weighted by Gasteiger charge is -2.32. The third-order valence-electron chi connectivity index (χ3n) is 4.75. The Bertz CT molecular complexity index is 956. The number of benzene rings is 1. The number of aliphatic hydroxyl groups is 1. The van der Waals surface area contributed by atoms with Crippen LogP contribution in [0.2, 0.25) is 0 Å². The van der Waals surface area contributed by atoms with E-state index in [1.165, 1.54) is 0 Å². The number of amides is 1. The zero-order valence-corrected chi connectivity index (χ0v) is 13.7. The monoisotopic (exact) mass is 321 g/mol. The number of hydrogen-bond acceptors (Lipinski definition) is 3. The number of aliphatic hydroxyl groups excluding tert-OH is 1. The maximum Gasteiger partial charge on any atom is 0.251 e. The summed E-state index contributed by atoms with van der Waals surface area (Å²) in [5.74, 6) is -0.0101. The number of carbonyl (C=O) groups is 1. The van der Waals surface area contributed by atoms with E-state index in [1.807, 2.05) is 30.5 Å². The van der Waals surface area contributed by atoms with Crippen molar-refractivity contribution < 1.29 is 9.90 Å². The molecule has 3 heterocycles. The molecule has 0 aliphatic carbocycles. The minimum Gasteiger partial charge on any atom is -0.390 e. The number of nitrogens with zero attached hydrogens (tertiary/aromatic N) is 1. The predicted molar refractivity (Wildman–Crippen MR) is 92.8 cm³/mol. The Kier molecular flexibility index (Phi) is 3.21. The van der Waals surface area contributed by atoms with Crippen LogP contribution in [0.5, 0.6) is 0 Å². The summed E-state index contributed by atoms with van der Waals surface area (Å²) >= 11 is 0. The van der Waals surface area contributed by atoms with Crippen molar-refractivity contribution in [1.82, 2.24) is 15.3 Å². The number of aromatic amines is 1. The van der Waals surface area contributed by atoms with Crippen molar-refractivity contribution in [2.24, 2.45) is 0 Å². The molecule has 5 heteroatoms. The van der Waals surface area contributed by atoms with Crippen molar-refractivity contribution in [3.8, 4) is 11.1 Å². The van der Waals surface area contributed by atoms with Crippen LogP contribution in [0.4, 0.5) is 0 Å². The fourth-order valence-electron chi connectivity index (χ4n) is 3.33. The van der Waals surface area contributed by atoms with Gasteiger partial charge in [-0.1, -0.05) is 19.9 Å². The van der Waals surface area contributed by atoms with E-state index in [1.54, 1.807) is 0 Å². The molecular weight excluding hydrogens is 302 g/mol. The summed E-state index contributed by atoms with van der Waals surface area (Å²) in [5.41, 5.74) is 5.21. The van der Waals surface area contributed by atoms with Gasteiger partial charge >= 0.3 is 0 Å². The summed E-state index contributed by atoms with van der Waals surface area (Å²) in [5, 5.41) is 13.2. The number of aromatic nitrogens is 2. The quantitative estimate of drug-likeness (QED) is 0.679. The summed E-state index contributed by atoms with van der Waals surface area (Å²) in [4.78, 5) is 19.7. The first-order chi connectivity index (χ1) is 11.5. The lowest BCUT2D eigenvalue weighted by molar-refractivity contribution is 0.0930. The summed E-state index contributed by atoms with van der Waals surface area (Å²) in [7, 11) is 0. The molecule has 122 valence electrons. The second-order valence-corrected chi connectivity index (χ2v) is 6.89. The highest BCUT2D eigenvalue weighted by Gasteiger charge is 2.31. The van der Waals surface area contributed by atoms with E-state index in [0.717, 1.165) is 33.3 Å². The zero-order valence-electron chi connectivity index (χ0n) is 13.7. The SMILES string of the molecule is CC1(C)CNC(=O)c2ccc(-c3c[nH]c4nc(CO)ccc34)cc21. The van der Waals surface area contributed by atoms with Gasteiger partial charge < -0.3 is 15.4 Å². The van der Waals surface area contributed by atoms with Crippen LogP contribution >= 0.6 is 0 Å². The van der Waals surface area contributed by atoms with Gasteiger partial charge in [0.05, 0.1) is 12.3 Å². The largest absolute Gasteiger partial charge is 0.390 e. The van der Waals surface area contributed by atoms with E-state index in [2.05, 4.69) is 35.2 Å². The number of fused-ring (bicyclic) bond motifs is 2. The standard InChI is InChI=1S/C19H19N3O2/c1-19(2)10-21-18(24)14-5-3-11(7-16(14)19)15-8-20-17-13(15)6-4-12(9-23)22-17/h3-8,23H,9-10H2,1-2H3,(H,20,22)(H,21,24). The van der Waals surface area contributed by atoms with Gasteiger partial charge in [0, 0.05) is 34.7 Å². The molecule has 3 aromatic rings. The molecule has 24 heavy (non-hydrogen) atoms. The van der Waals surface area contributed by atoms with Gasteiger partial charge in [-0.15, -0.1) is 0 Å². The minimum atomic E-state index is -0.104. The smallest absolute Gasteiger partial charge is 0.251 e. The van der Waals surface area contributed by atoms with E-state index in [0.29, 0.717) is 12.2 Å². The first kappa shape index (κ1) is 14.9. The van der Waals surface area contributed by atoms with Crippen LogP contribution in [0.15, 0.2) is 36.5 Å². The van der Waals surface area contributed by atoms with E-state index < -0.39 is 0 Å². The fraction of sp³-hybridized carbons (Fsp3) is 0.263. The van der Waals surface area contributed by atoms with Crippen LogP contribution in [0, 0.1) is 0 Å². The van der Waals surface area contributed by atoms with Crippen LogP contribution in [0.3, 0.4) is 0 Å². The molecule has 0 saturated heterocycles. The maximum absolute atomic E-state index is 12.1. The Hall–Kier alpha value is -2.66. The number of rotatable bonds is 2. The Morgan fingerprint density at radius 1 is 1.21 bits per heavy atom. The molecule has 0 bridgehead atoms. The molecular formula is C19H19N3O2. The molecule has 2 aromatic heterocycles. The Morgan fingerprint density at radius 3 is 2.83 bits per heavy atom. The second-order valence-electron chi connectivity index (χ2n) is 6.89. The van der Waals surface area contributed by atoms with Crippen molar-refractivity contribution in [3.63, 3.8) is 0 Å².